The maximum absolute atomic E-state index is 12.7. The molecule has 0 aliphatic carbocycles. The number of amides is 1. The van der Waals surface area contributed by atoms with Crippen LogP contribution in [0.4, 0.5) is 13.2 Å². The number of ether oxygens (including phenoxy) is 1. The Hall–Kier alpha value is -2.02. The number of nitrogens with one attached hydrogen (secondary N) is 1. The normalized spacial score (nSPS) is 12.9. The summed E-state index contributed by atoms with van der Waals surface area (Å²) in [6.07, 6.45) is -2.74. The standard InChI is InChI=1S/C16H17ClF3NO3/c1-3-8-21-15(23)10(2)24-14(22)7-5-11-4-6-13(17)12(9-11)16(18,19)20/h4-7,9-10H,3,8H2,1-2H3,(H,21,23)/b7-5+/t10-/m0/s1. The van der Waals surface area contributed by atoms with E-state index in [9.17, 15) is 22.8 Å². The highest BCUT2D eigenvalue weighted by molar-refractivity contribution is 6.31. The molecule has 4 nitrogen and oxygen atoms in total. The molecule has 132 valence electrons. The first-order valence-corrected chi connectivity index (χ1v) is 7.56. The van der Waals surface area contributed by atoms with Crippen molar-refractivity contribution in [2.75, 3.05) is 6.54 Å². The molecule has 0 heterocycles. The molecule has 0 fully saturated rings. The predicted octanol–water partition coefficient (Wildman–Crippen LogP) is 3.83. The lowest BCUT2D eigenvalue weighted by atomic mass is 10.1. The van der Waals surface area contributed by atoms with Crippen molar-refractivity contribution in [3.63, 3.8) is 0 Å². The van der Waals surface area contributed by atoms with Crippen molar-refractivity contribution in [1.29, 1.82) is 0 Å². The van der Waals surface area contributed by atoms with Crippen LogP contribution in [0.5, 0.6) is 0 Å². The average molecular weight is 364 g/mol. The Labute approximate surface area is 142 Å². The van der Waals surface area contributed by atoms with Crippen molar-refractivity contribution in [2.24, 2.45) is 0 Å². The molecule has 1 aromatic carbocycles. The van der Waals surface area contributed by atoms with Crippen LogP contribution in [-0.4, -0.2) is 24.5 Å². The van der Waals surface area contributed by atoms with Crippen LogP contribution in [0.1, 0.15) is 31.4 Å². The van der Waals surface area contributed by atoms with Crippen LogP contribution in [-0.2, 0) is 20.5 Å². The minimum Gasteiger partial charge on any atom is -0.449 e. The molecule has 0 bridgehead atoms. The van der Waals surface area contributed by atoms with Gasteiger partial charge in [-0.05, 0) is 37.1 Å². The van der Waals surface area contributed by atoms with Gasteiger partial charge < -0.3 is 10.1 Å². The van der Waals surface area contributed by atoms with Gasteiger partial charge in [-0.1, -0.05) is 24.6 Å². The molecule has 0 aromatic heterocycles. The van der Waals surface area contributed by atoms with Gasteiger partial charge in [-0.3, -0.25) is 4.79 Å². The predicted molar refractivity (Wildman–Crippen MR) is 84.3 cm³/mol. The molecule has 0 unspecified atom stereocenters. The molecule has 0 radical (unpaired) electrons. The lowest BCUT2D eigenvalue weighted by Gasteiger charge is -2.11. The quantitative estimate of drug-likeness (QED) is 0.617. The number of benzene rings is 1. The van der Waals surface area contributed by atoms with Gasteiger partial charge in [0.1, 0.15) is 0 Å². The molecule has 0 saturated carbocycles. The summed E-state index contributed by atoms with van der Waals surface area (Å²) in [4.78, 5) is 23.2. The Morgan fingerprint density at radius 1 is 1.38 bits per heavy atom. The number of hydrogen-bond acceptors (Lipinski definition) is 3. The van der Waals surface area contributed by atoms with Gasteiger partial charge in [0.2, 0.25) is 0 Å². The minimum atomic E-state index is -4.59. The first-order chi connectivity index (χ1) is 11.1. The fourth-order valence-electron chi connectivity index (χ4n) is 1.69. The molecular weight excluding hydrogens is 347 g/mol. The maximum Gasteiger partial charge on any atom is 0.417 e. The van der Waals surface area contributed by atoms with E-state index in [1.54, 1.807) is 0 Å². The molecule has 1 aromatic rings. The van der Waals surface area contributed by atoms with Crippen molar-refractivity contribution in [1.82, 2.24) is 5.32 Å². The van der Waals surface area contributed by atoms with Crippen LogP contribution in [0.2, 0.25) is 5.02 Å². The molecule has 24 heavy (non-hydrogen) atoms. The van der Waals surface area contributed by atoms with Gasteiger partial charge >= 0.3 is 12.1 Å². The summed E-state index contributed by atoms with van der Waals surface area (Å²) in [6, 6.07) is 3.25. The van der Waals surface area contributed by atoms with Crippen LogP contribution in [0.3, 0.4) is 0 Å². The van der Waals surface area contributed by atoms with E-state index >= 15 is 0 Å². The summed E-state index contributed by atoms with van der Waals surface area (Å²) >= 11 is 5.51. The van der Waals surface area contributed by atoms with E-state index in [2.05, 4.69) is 5.32 Å². The van der Waals surface area contributed by atoms with Gasteiger partial charge in [0.15, 0.2) is 6.10 Å². The Bertz CT molecular complexity index is 629. The number of halogens is 4. The zero-order valence-electron chi connectivity index (χ0n) is 13.1. The van der Waals surface area contributed by atoms with Crippen molar-refractivity contribution < 1.29 is 27.5 Å². The number of esters is 1. The van der Waals surface area contributed by atoms with E-state index < -0.39 is 34.7 Å². The summed E-state index contributed by atoms with van der Waals surface area (Å²) in [6.45, 7) is 3.74. The van der Waals surface area contributed by atoms with Gasteiger partial charge in [0.25, 0.3) is 5.91 Å². The van der Waals surface area contributed by atoms with Crippen LogP contribution in [0.25, 0.3) is 6.08 Å². The Morgan fingerprint density at radius 3 is 2.62 bits per heavy atom. The van der Waals surface area contributed by atoms with Crippen LogP contribution in [0, 0.1) is 0 Å². The third kappa shape index (κ3) is 6.23. The zero-order chi connectivity index (χ0) is 18.3. The third-order valence-corrected chi connectivity index (χ3v) is 3.25. The minimum absolute atomic E-state index is 0.131. The van der Waals surface area contributed by atoms with Crippen LogP contribution >= 0.6 is 11.6 Å². The largest absolute Gasteiger partial charge is 0.449 e. The highest BCUT2D eigenvalue weighted by atomic mass is 35.5. The van der Waals surface area contributed by atoms with E-state index in [0.717, 1.165) is 30.7 Å². The monoisotopic (exact) mass is 363 g/mol. The third-order valence-electron chi connectivity index (χ3n) is 2.92. The lowest BCUT2D eigenvalue weighted by molar-refractivity contribution is -0.150. The second kappa shape index (κ2) is 8.73. The van der Waals surface area contributed by atoms with Crippen molar-refractivity contribution in [3.8, 4) is 0 Å². The highest BCUT2D eigenvalue weighted by Crippen LogP contribution is 2.35. The number of hydrogen-bond donors (Lipinski definition) is 1. The Balaban J connectivity index is 2.72. The topological polar surface area (TPSA) is 55.4 Å². The first kappa shape index (κ1) is 20.0. The Kier molecular flexibility index (Phi) is 7.28. The molecule has 0 aliphatic rings. The molecule has 8 heteroatoms. The Morgan fingerprint density at radius 2 is 2.04 bits per heavy atom. The van der Waals surface area contributed by atoms with Gasteiger partial charge in [-0.25, -0.2) is 4.79 Å². The first-order valence-electron chi connectivity index (χ1n) is 7.18. The van der Waals surface area contributed by atoms with Crippen LogP contribution < -0.4 is 5.32 Å². The van der Waals surface area contributed by atoms with Gasteiger partial charge in [0, 0.05) is 12.6 Å². The number of rotatable bonds is 6. The number of alkyl halides is 3. The van der Waals surface area contributed by atoms with E-state index in [1.807, 2.05) is 6.92 Å². The number of carbonyl (C=O) groups is 2. The fraction of sp³-hybridized carbons (Fsp3) is 0.375. The summed E-state index contributed by atoms with van der Waals surface area (Å²) in [5.41, 5.74) is -0.862. The highest BCUT2D eigenvalue weighted by Gasteiger charge is 2.33. The summed E-state index contributed by atoms with van der Waals surface area (Å²) in [7, 11) is 0. The zero-order valence-corrected chi connectivity index (χ0v) is 13.9. The molecular formula is C16H17ClF3NO3. The molecule has 1 amide bonds. The molecule has 0 aliphatic heterocycles. The smallest absolute Gasteiger partial charge is 0.417 e. The fourth-order valence-corrected chi connectivity index (χ4v) is 1.91. The molecule has 1 N–H and O–H groups in total. The van der Waals surface area contributed by atoms with E-state index in [4.69, 9.17) is 16.3 Å². The average Bonchev–Trinajstić information content (AvgIpc) is 2.50. The van der Waals surface area contributed by atoms with Gasteiger partial charge in [-0.15, -0.1) is 0 Å². The van der Waals surface area contributed by atoms with Crippen molar-refractivity contribution >= 4 is 29.6 Å². The second-order valence-corrected chi connectivity index (χ2v) is 5.35. The maximum atomic E-state index is 12.7. The summed E-state index contributed by atoms with van der Waals surface area (Å²) < 4.78 is 43.1. The van der Waals surface area contributed by atoms with E-state index in [1.165, 1.54) is 13.0 Å². The van der Waals surface area contributed by atoms with E-state index in [0.29, 0.717) is 6.54 Å². The van der Waals surface area contributed by atoms with Gasteiger partial charge in [0.05, 0.1) is 10.6 Å². The number of carbonyl (C=O) groups excluding carboxylic acids is 2. The molecule has 0 saturated heterocycles. The van der Waals surface area contributed by atoms with Crippen LogP contribution in [0.15, 0.2) is 24.3 Å². The lowest BCUT2D eigenvalue weighted by Crippen LogP contribution is -2.35. The summed E-state index contributed by atoms with van der Waals surface area (Å²) in [5.74, 6) is -1.28. The molecule has 1 atom stereocenters. The van der Waals surface area contributed by atoms with Gasteiger partial charge in [-0.2, -0.15) is 13.2 Å². The van der Waals surface area contributed by atoms with Crippen molar-refractivity contribution in [2.45, 2.75) is 32.5 Å². The summed E-state index contributed by atoms with van der Waals surface area (Å²) in [5, 5.41) is 2.13. The van der Waals surface area contributed by atoms with E-state index in [-0.39, 0.29) is 5.56 Å². The van der Waals surface area contributed by atoms with Crippen molar-refractivity contribution in [3.05, 3.63) is 40.4 Å². The molecule has 0 spiro atoms. The SMILES string of the molecule is CCCNC(=O)[C@H](C)OC(=O)/C=C/c1ccc(Cl)c(C(F)(F)F)c1. The molecule has 1 rings (SSSR count). The second-order valence-electron chi connectivity index (χ2n) is 4.94.